The van der Waals surface area contributed by atoms with Crippen molar-refractivity contribution in [2.45, 2.75) is 21.4 Å². The lowest BCUT2D eigenvalue weighted by Gasteiger charge is -2.40. The Morgan fingerprint density at radius 2 is 1.21 bits per heavy atom. The summed E-state index contributed by atoms with van der Waals surface area (Å²) in [5.41, 5.74) is 10.4. The van der Waals surface area contributed by atoms with Gasteiger partial charge in [-0.3, -0.25) is 4.99 Å². The molecular formula is C47H31IN2OS. The monoisotopic (exact) mass is 798 g/mol. The first-order chi connectivity index (χ1) is 25.7. The fourth-order valence-corrected chi connectivity index (χ4v) is 11.2. The molecule has 11 rings (SSSR count). The van der Waals surface area contributed by atoms with Gasteiger partial charge in [-0.25, -0.2) is 0 Å². The third kappa shape index (κ3) is 4.33. The molecule has 0 bridgehead atoms. The maximum atomic E-state index is 6.74. The second-order valence-corrected chi connectivity index (χ2v) is 16.4. The van der Waals surface area contributed by atoms with E-state index in [0.29, 0.717) is 0 Å². The Balaban J connectivity index is 1.12. The lowest BCUT2D eigenvalue weighted by molar-refractivity contribution is 0.436. The number of hydrogen-bond acceptors (Lipinski definition) is 4. The van der Waals surface area contributed by atoms with Crippen LogP contribution in [0.5, 0.6) is 11.5 Å². The summed E-state index contributed by atoms with van der Waals surface area (Å²) in [5, 5.41) is 6.56. The molecule has 1 aliphatic carbocycles. The van der Waals surface area contributed by atoms with Crippen LogP contribution < -0.4 is 10.1 Å². The smallest absolute Gasteiger partial charge is 0.132 e. The zero-order chi connectivity index (χ0) is 34.4. The topological polar surface area (TPSA) is 33.6 Å². The number of rotatable bonds is 3. The van der Waals surface area contributed by atoms with Gasteiger partial charge in [-0.05, 0) is 75.8 Å². The minimum atomic E-state index is -0.530. The number of fused-ring (bicyclic) bond motifs is 12. The number of nitrogens with zero attached hydrogens (tertiary/aromatic N) is 1. The van der Waals surface area contributed by atoms with Gasteiger partial charge in [0.25, 0.3) is 0 Å². The normalized spacial score (nSPS) is 19.2. The molecule has 0 amide bonds. The molecule has 0 saturated heterocycles. The van der Waals surface area contributed by atoms with Gasteiger partial charge in [0.15, 0.2) is 0 Å². The van der Waals surface area contributed by atoms with E-state index in [1.807, 2.05) is 11.3 Å². The van der Waals surface area contributed by atoms with E-state index < -0.39 is 5.41 Å². The van der Waals surface area contributed by atoms with Crippen molar-refractivity contribution >= 4 is 59.9 Å². The number of hydrogen-bond donors (Lipinski definition) is 1. The Labute approximate surface area is 319 Å². The van der Waals surface area contributed by atoms with E-state index in [0.717, 1.165) is 28.5 Å². The van der Waals surface area contributed by atoms with E-state index in [1.165, 1.54) is 59.1 Å². The van der Waals surface area contributed by atoms with Gasteiger partial charge in [-0.2, -0.15) is 0 Å². The van der Waals surface area contributed by atoms with E-state index in [2.05, 4.69) is 192 Å². The molecule has 52 heavy (non-hydrogen) atoms. The number of aliphatic imine (C=N–C) groups is 1. The number of alkyl halides is 1. The van der Waals surface area contributed by atoms with Crippen LogP contribution in [0.25, 0.3) is 31.3 Å². The van der Waals surface area contributed by atoms with E-state index in [-0.39, 0.29) is 16.0 Å². The SMILES string of the molecule is IC1C(c2ccc3sc4ccccc4c3c2)N=C(c2ccc3c(c2)C2(c4ccccc4O3)c3ccccc3-c3ccccc32)NC1c1ccccc1. The lowest BCUT2D eigenvalue weighted by Crippen LogP contribution is -2.42. The summed E-state index contributed by atoms with van der Waals surface area (Å²) in [5.74, 6) is 2.68. The molecule has 1 aromatic heterocycles. The Bertz CT molecular complexity index is 2710. The molecule has 3 atom stereocenters. The Kier molecular flexibility index (Phi) is 6.80. The standard InChI is InChI=1S/C47H31IN2OS/c48-43-44(28-12-2-1-3-13-28)49-46(50-45(43)29-23-25-42-34(26-29)33-16-6-11-21-41(33)52-42)30-22-24-40-38(27-30)47(37-19-9-10-20-39(37)51-40)35-17-7-4-14-31(35)32-15-5-8-18-36(32)47/h1-27,43-45H,(H,49,50). The first kappa shape index (κ1) is 30.4. The van der Waals surface area contributed by atoms with Crippen molar-refractivity contribution in [1.29, 1.82) is 0 Å². The predicted octanol–water partition coefficient (Wildman–Crippen LogP) is 12.2. The molecule has 0 fully saturated rings. The second-order valence-electron chi connectivity index (χ2n) is 13.9. The predicted molar refractivity (Wildman–Crippen MR) is 223 cm³/mol. The summed E-state index contributed by atoms with van der Waals surface area (Å²) in [6, 6.07) is 59.5. The number of ether oxygens (including phenoxy) is 1. The average Bonchev–Trinajstić information content (AvgIpc) is 3.72. The highest BCUT2D eigenvalue weighted by Crippen LogP contribution is 2.62. The van der Waals surface area contributed by atoms with Crippen LogP contribution in [0.1, 0.15) is 51.0 Å². The summed E-state index contributed by atoms with van der Waals surface area (Å²) in [7, 11) is 0. The summed E-state index contributed by atoms with van der Waals surface area (Å²) in [6.45, 7) is 0. The number of para-hydroxylation sites is 1. The third-order valence-corrected chi connectivity index (χ3v) is 13.8. The average molecular weight is 799 g/mol. The molecule has 248 valence electrons. The van der Waals surface area contributed by atoms with E-state index >= 15 is 0 Å². The van der Waals surface area contributed by atoms with Gasteiger partial charge < -0.3 is 10.1 Å². The molecule has 1 spiro atoms. The van der Waals surface area contributed by atoms with Crippen LogP contribution in [0, 0.1) is 0 Å². The minimum absolute atomic E-state index is 0.0555. The van der Waals surface area contributed by atoms with Crippen molar-refractivity contribution < 1.29 is 4.74 Å². The Hall–Kier alpha value is -5.24. The third-order valence-electron chi connectivity index (χ3n) is 11.2. The van der Waals surface area contributed by atoms with Crippen LogP contribution in [-0.2, 0) is 5.41 Å². The second kappa shape index (κ2) is 11.6. The van der Waals surface area contributed by atoms with Crippen LogP contribution in [0.15, 0.2) is 169 Å². The number of halogens is 1. The van der Waals surface area contributed by atoms with Crippen molar-refractivity contribution in [2.24, 2.45) is 4.99 Å². The largest absolute Gasteiger partial charge is 0.457 e. The number of thiophene rings is 1. The molecule has 1 N–H and O–H groups in total. The molecule has 3 heterocycles. The first-order valence-electron chi connectivity index (χ1n) is 17.7. The molecule has 3 unspecified atom stereocenters. The van der Waals surface area contributed by atoms with Crippen molar-refractivity contribution in [3.8, 4) is 22.6 Å². The minimum Gasteiger partial charge on any atom is -0.457 e. The van der Waals surface area contributed by atoms with E-state index in [1.54, 1.807) is 0 Å². The van der Waals surface area contributed by atoms with Crippen LogP contribution in [0.2, 0.25) is 0 Å². The fraction of sp³-hybridized carbons (Fsp3) is 0.0851. The van der Waals surface area contributed by atoms with Gasteiger partial charge >= 0.3 is 0 Å². The highest BCUT2D eigenvalue weighted by molar-refractivity contribution is 14.1. The van der Waals surface area contributed by atoms with Crippen LogP contribution in [0.4, 0.5) is 0 Å². The number of amidine groups is 1. The van der Waals surface area contributed by atoms with Gasteiger partial charge in [0.2, 0.25) is 0 Å². The molecule has 2 aliphatic heterocycles. The highest BCUT2D eigenvalue weighted by atomic mass is 127. The molecule has 5 heteroatoms. The zero-order valence-electron chi connectivity index (χ0n) is 28.0. The van der Waals surface area contributed by atoms with Gasteiger partial charge in [-0.15, -0.1) is 11.3 Å². The molecule has 7 aromatic carbocycles. The molecule has 0 radical (unpaired) electrons. The van der Waals surface area contributed by atoms with Crippen molar-refractivity contribution in [2.75, 3.05) is 0 Å². The summed E-state index contributed by atoms with van der Waals surface area (Å²) >= 11 is 4.49. The summed E-state index contributed by atoms with van der Waals surface area (Å²) in [6.07, 6.45) is 0. The zero-order valence-corrected chi connectivity index (χ0v) is 30.9. The molecule has 8 aromatic rings. The van der Waals surface area contributed by atoms with Crippen LogP contribution in [0.3, 0.4) is 0 Å². The highest BCUT2D eigenvalue weighted by Gasteiger charge is 2.51. The summed E-state index contributed by atoms with van der Waals surface area (Å²) in [4.78, 5) is 5.61. The maximum absolute atomic E-state index is 6.74. The summed E-state index contributed by atoms with van der Waals surface area (Å²) < 4.78 is 9.55. The molecule has 3 nitrogen and oxygen atoms in total. The van der Waals surface area contributed by atoms with Gasteiger partial charge in [0.1, 0.15) is 17.3 Å². The molecule has 0 saturated carbocycles. The molecule has 3 aliphatic rings. The fourth-order valence-electron chi connectivity index (χ4n) is 8.93. The van der Waals surface area contributed by atoms with Gasteiger partial charge in [0, 0.05) is 36.9 Å². The van der Waals surface area contributed by atoms with Crippen molar-refractivity contribution in [1.82, 2.24) is 5.32 Å². The van der Waals surface area contributed by atoms with Gasteiger partial charge in [-0.1, -0.05) is 144 Å². The number of benzene rings is 7. The Morgan fingerprint density at radius 1 is 0.558 bits per heavy atom. The maximum Gasteiger partial charge on any atom is 0.132 e. The quantitative estimate of drug-likeness (QED) is 0.143. The van der Waals surface area contributed by atoms with Crippen LogP contribution >= 0.6 is 33.9 Å². The van der Waals surface area contributed by atoms with Crippen molar-refractivity contribution in [3.05, 3.63) is 203 Å². The van der Waals surface area contributed by atoms with E-state index in [9.17, 15) is 0 Å². The Morgan fingerprint density at radius 3 is 2.02 bits per heavy atom. The number of nitrogens with one attached hydrogen (secondary N) is 1. The molecular weight excluding hydrogens is 768 g/mol. The van der Waals surface area contributed by atoms with E-state index in [4.69, 9.17) is 9.73 Å². The first-order valence-corrected chi connectivity index (χ1v) is 19.8. The van der Waals surface area contributed by atoms with Crippen molar-refractivity contribution in [3.63, 3.8) is 0 Å². The van der Waals surface area contributed by atoms with Gasteiger partial charge in [0.05, 0.1) is 21.4 Å². The lowest BCUT2D eigenvalue weighted by atomic mass is 9.66. The van der Waals surface area contributed by atoms with Crippen LogP contribution in [-0.4, -0.2) is 9.76 Å².